The minimum absolute atomic E-state index is 0.130. The van der Waals surface area contributed by atoms with E-state index in [2.05, 4.69) is 27.9 Å². The Labute approximate surface area is 121 Å². The van der Waals surface area contributed by atoms with Gasteiger partial charge in [0.25, 0.3) is 0 Å². The second-order valence-electron chi connectivity index (χ2n) is 4.04. The molecule has 0 bridgehead atoms. The van der Waals surface area contributed by atoms with Crippen molar-refractivity contribution in [2.24, 2.45) is 0 Å². The quantitative estimate of drug-likeness (QED) is 0.757. The van der Waals surface area contributed by atoms with Crippen LogP contribution in [0.15, 0.2) is 18.2 Å². The molecule has 0 saturated heterocycles. The molecule has 1 unspecified atom stereocenters. The van der Waals surface area contributed by atoms with Crippen LogP contribution in [-0.2, 0) is 4.74 Å². The predicted molar refractivity (Wildman–Crippen MR) is 79.8 cm³/mol. The number of hydrogen-bond acceptors (Lipinski definition) is 3. The highest BCUT2D eigenvalue weighted by atomic mass is 127. The topological polar surface area (TPSA) is 41.5 Å². The molecule has 5 heteroatoms. The molecule has 3 nitrogen and oxygen atoms in total. The highest BCUT2D eigenvalue weighted by Crippen LogP contribution is 2.23. The maximum absolute atomic E-state index is 9.69. The zero-order valence-electron chi connectivity index (χ0n) is 9.91. The number of anilines is 1. The highest BCUT2D eigenvalue weighted by molar-refractivity contribution is 14.1. The van der Waals surface area contributed by atoms with Crippen LogP contribution in [0.5, 0.6) is 0 Å². The summed E-state index contributed by atoms with van der Waals surface area (Å²) in [6.45, 7) is 4.63. The summed E-state index contributed by atoms with van der Waals surface area (Å²) < 4.78 is 6.42. The summed E-state index contributed by atoms with van der Waals surface area (Å²) in [4.78, 5) is 0. The summed E-state index contributed by atoms with van der Waals surface area (Å²) in [5, 5.41) is 13.5. The van der Waals surface area contributed by atoms with Gasteiger partial charge >= 0.3 is 0 Å². The molecule has 96 valence electrons. The van der Waals surface area contributed by atoms with Gasteiger partial charge in [-0.2, -0.15) is 0 Å². The van der Waals surface area contributed by atoms with Crippen LogP contribution >= 0.6 is 34.2 Å². The molecule has 0 saturated carbocycles. The number of benzene rings is 1. The average molecular weight is 370 g/mol. The minimum Gasteiger partial charge on any atom is -0.389 e. The Bertz CT molecular complexity index is 360. The molecule has 1 aromatic carbocycles. The Morgan fingerprint density at radius 2 is 2.18 bits per heavy atom. The van der Waals surface area contributed by atoms with Gasteiger partial charge in [-0.25, -0.2) is 0 Å². The van der Waals surface area contributed by atoms with E-state index in [1.807, 2.05) is 32.0 Å². The molecule has 1 atom stereocenters. The van der Waals surface area contributed by atoms with E-state index in [4.69, 9.17) is 16.3 Å². The van der Waals surface area contributed by atoms with E-state index in [0.29, 0.717) is 18.2 Å². The number of nitrogens with one attached hydrogen (secondary N) is 1. The van der Waals surface area contributed by atoms with Crippen molar-refractivity contribution in [3.63, 3.8) is 0 Å². The molecule has 0 heterocycles. The first kappa shape index (κ1) is 15.0. The zero-order chi connectivity index (χ0) is 12.8. The second-order valence-corrected chi connectivity index (χ2v) is 5.69. The van der Waals surface area contributed by atoms with Crippen molar-refractivity contribution < 1.29 is 9.84 Å². The smallest absolute Gasteiger partial charge is 0.0945 e. The molecule has 0 aliphatic rings. The summed E-state index contributed by atoms with van der Waals surface area (Å²) in [5.74, 6) is 0. The lowest BCUT2D eigenvalue weighted by Crippen LogP contribution is -2.26. The van der Waals surface area contributed by atoms with Crippen LogP contribution < -0.4 is 5.32 Å². The monoisotopic (exact) mass is 369 g/mol. The summed E-state index contributed by atoms with van der Waals surface area (Å²) >= 11 is 8.25. The Balaban J connectivity index is 2.41. The highest BCUT2D eigenvalue weighted by Gasteiger charge is 2.07. The first-order chi connectivity index (χ1) is 7.99. The Morgan fingerprint density at radius 1 is 1.47 bits per heavy atom. The van der Waals surface area contributed by atoms with E-state index in [9.17, 15) is 5.11 Å². The van der Waals surface area contributed by atoms with Crippen molar-refractivity contribution in [3.8, 4) is 0 Å². The van der Waals surface area contributed by atoms with E-state index >= 15 is 0 Å². The lowest BCUT2D eigenvalue weighted by atomic mass is 10.3. The van der Waals surface area contributed by atoms with Gasteiger partial charge in [0.15, 0.2) is 0 Å². The Kier molecular flexibility index (Phi) is 6.54. The minimum atomic E-state index is -0.536. The van der Waals surface area contributed by atoms with Gasteiger partial charge in [-0.3, -0.25) is 0 Å². The van der Waals surface area contributed by atoms with E-state index in [1.165, 1.54) is 0 Å². The van der Waals surface area contributed by atoms with Crippen LogP contribution in [0.4, 0.5) is 5.69 Å². The number of aliphatic hydroxyl groups excluding tert-OH is 1. The molecule has 17 heavy (non-hydrogen) atoms. The largest absolute Gasteiger partial charge is 0.389 e. The van der Waals surface area contributed by atoms with E-state index in [1.54, 1.807) is 0 Å². The Morgan fingerprint density at radius 3 is 2.82 bits per heavy atom. The first-order valence-corrected chi connectivity index (χ1v) is 6.93. The molecule has 0 fully saturated rings. The Hall–Kier alpha value is -0.0400. The lowest BCUT2D eigenvalue weighted by molar-refractivity contribution is 0.0112. The van der Waals surface area contributed by atoms with Crippen molar-refractivity contribution in [2.45, 2.75) is 26.1 Å². The van der Waals surface area contributed by atoms with Crippen molar-refractivity contribution in [1.29, 1.82) is 0 Å². The molecule has 0 aliphatic heterocycles. The number of ether oxygens (including phenoxy) is 1. The SMILES string of the molecule is CC(C)OCC(O)CNc1cc(I)ccc1Cl. The van der Waals surface area contributed by atoms with Gasteiger partial charge in [-0.05, 0) is 54.6 Å². The molecule has 1 rings (SSSR count). The van der Waals surface area contributed by atoms with E-state index < -0.39 is 6.10 Å². The van der Waals surface area contributed by atoms with E-state index in [-0.39, 0.29) is 6.10 Å². The van der Waals surface area contributed by atoms with Gasteiger partial charge in [-0.1, -0.05) is 11.6 Å². The molecule has 0 aliphatic carbocycles. The van der Waals surface area contributed by atoms with Gasteiger partial charge in [0.05, 0.1) is 29.5 Å². The average Bonchev–Trinajstić information content (AvgIpc) is 2.27. The van der Waals surface area contributed by atoms with Crippen molar-refractivity contribution >= 4 is 39.9 Å². The molecule has 2 N–H and O–H groups in total. The number of rotatable bonds is 6. The maximum atomic E-state index is 9.69. The zero-order valence-corrected chi connectivity index (χ0v) is 12.8. The standard InChI is InChI=1S/C12H17ClINO2/c1-8(2)17-7-10(16)6-15-12-5-9(14)3-4-11(12)13/h3-5,8,10,15-16H,6-7H2,1-2H3. The summed E-state index contributed by atoms with van der Waals surface area (Å²) in [7, 11) is 0. The van der Waals surface area contributed by atoms with Crippen LogP contribution in [0.25, 0.3) is 0 Å². The molecule has 1 aromatic rings. The van der Waals surface area contributed by atoms with Crippen molar-refractivity contribution in [3.05, 3.63) is 26.8 Å². The van der Waals surface area contributed by atoms with Gasteiger partial charge < -0.3 is 15.2 Å². The van der Waals surface area contributed by atoms with Crippen LogP contribution in [0, 0.1) is 3.57 Å². The number of aliphatic hydroxyl groups is 1. The fourth-order valence-electron chi connectivity index (χ4n) is 1.22. The van der Waals surface area contributed by atoms with Crippen molar-refractivity contribution in [1.82, 2.24) is 0 Å². The molecule has 0 spiro atoms. The third-order valence-electron chi connectivity index (χ3n) is 2.08. The fourth-order valence-corrected chi connectivity index (χ4v) is 1.90. The molecular weight excluding hydrogens is 352 g/mol. The normalized spacial score (nSPS) is 12.8. The molecule has 0 amide bonds. The number of halogens is 2. The van der Waals surface area contributed by atoms with Crippen LogP contribution in [0.2, 0.25) is 5.02 Å². The van der Waals surface area contributed by atoms with Gasteiger partial charge in [-0.15, -0.1) is 0 Å². The molecular formula is C12H17ClINO2. The van der Waals surface area contributed by atoms with Crippen molar-refractivity contribution in [2.75, 3.05) is 18.5 Å². The summed E-state index contributed by atoms with van der Waals surface area (Å²) in [5.41, 5.74) is 0.835. The third-order valence-corrected chi connectivity index (χ3v) is 3.08. The van der Waals surface area contributed by atoms with Gasteiger partial charge in [0.1, 0.15) is 0 Å². The van der Waals surface area contributed by atoms with Gasteiger partial charge in [0, 0.05) is 10.1 Å². The summed E-state index contributed by atoms with van der Waals surface area (Å²) in [6, 6.07) is 5.72. The van der Waals surface area contributed by atoms with Gasteiger partial charge in [0.2, 0.25) is 0 Å². The van der Waals surface area contributed by atoms with Crippen LogP contribution in [-0.4, -0.2) is 30.5 Å². The van der Waals surface area contributed by atoms with Crippen LogP contribution in [0.1, 0.15) is 13.8 Å². The molecule has 0 radical (unpaired) electrons. The summed E-state index contributed by atoms with van der Waals surface area (Å²) in [6.07, 6.45) is -0.405. The maximum Gasteiger partial charge on any atom is 0.0945 e. The molecule has 0 aromatic heterocycles. The van der Waals surface area contributed by atoms with Crippen LogP contribution in [0.3, 0.4) is 0 Å². The predicted octanol–water partition coefficient (Wildman–Crippen LogP) is 3.14. The second kappa shape index (κ2) is 7.41. The van der Waals surface area contributed by atoms with E-state index in [0.717, 1.165) is 9.26 Å². The third kappa shape index (κ3) is 5.90. The number of hydrogen-bond donors (Lipinski definition) is 2. The first-order valence-electron chi connectivity index (χ1n) is 5.47. The lowest BCUT2D eigenvalue weighted by Gasteiger charge is -2.15. The fraction of sp³-hybridized carbons (Fsp3) is 0.500.